The number of aryl methyl sites for hydroxylation is 1. The largest absolute Gasteiger partial charge is 0.497 e. The molecule has 1 amide bonds. The Morgan fingerprint density at radius 1 is 0.861 bits per heavy atom. The van der Waals surface area contributed by atoms with Crippen LogP contribution in [0.4, 0.5) is 0 Å². The molecule has 0 spiro atoms. The number of benzene rings is 3. The Morgan fingerprint density at radius 2 is 1.47 bits per heavy atom. The zero-order valence-corrected chi connectivity index (χ0v) is 20.3. The van der Waals surface area contributed by atoms with E-state index < -0.39 is 0 Å². The van der Waals surface area contributed by atoms with Gasteiger partial charge in [0, 0.05) is 17.7 Å². The van der Waals surface area contributed by atoms with Gasteiger partial charge in [0.2, 0.25) is 0 Å². The van der Waals surface area contributed by atoms with Crippen LogP contribution in [0.1, 0.15) is 21.5 Å². The third-order valence-electron chi connectivity index (χ3n) is 6.11. The van der Waals surface area contributed by atoms with E-state index in [-0.39, 0.29) is 5.91 Å². The fourth-order valence-corrected chi connectivity index (χ4v) is 4.06. The van der Waals surface area contributed by atoms with E-state index >= 15 is 0 Å². The number of aromatic amines is 1. The molecule has 3 aromatic carbocycles. The van der Waals surface area contributed by atoms with Gasteiger partial charge in [-0.3, -0.25) is 9.89 Å². The summed E-state index contributed by atoms with van der Waals surface area (Å²) < 4.78 is 10.5. The number of H-pyrrole nitrogens is 1. The Hall–Kier alpha value is -4.65. The van der Waals surface area contributed by atoms with Crippen LogP contribution in [0, 0.1) is 6.92 Å². The maximum atomic E-state index is 13.5. The first-order chi connectivity index (χ1) is 17.6. The first-order valence-corrected chi connectivity index (χ1v) is 11.6. The summed E-state index contributed by atoms with van der Waals surface area (Å²) >= 11 is 0. The minimum absolute atomic E-state index is 0.206. The van der Waals surface area contributed by atoms with Crippen molar-refractivity contribution in [1.82, 2.24) is 20.5 Å². The molecule has 2 aromatic heterocycles. The number of carbonyl (C=O) groups is 1. The molecule has 180 valence electrons. The van der Waals surface area contributed by atoms with Crippen LogP contribution in [-0.2, 0) is 6.54 Å². The molecule has 2 heterocycles. The van der Waals surface area contributed by atoms with Gasteiger partial charge in [-0.1, -0.05) is 42.0 Å². The van der Waals surface area contributed by atoms with E-state index in [0.717, 1.165) is 39.4 Å². The third kappa shape index (κ3) is 4.63. The van der Waals surface area contributed by atoms with Gasteiger partial charge in [0.25, 0.3) is 5.91 Å². The first kappa shape index (κ1) is 23.1. The summed E-state index contributed by atoms with van der Waals surface area (Å²) in [6.45, 7) is 2.41. The molecule has 0 aliphatic heterocycles. The van der Waals surface area contributed by atoms with Gasteiger partial charge in [0.05, 0.1) is 36.6 Å². The molecule has 5 rings (SSSR count). The van der Waals surface area contributed by atoms with Gasteiger partial charge in [-0.25, -0.2) is 4.98 Å². The summed E-state index contributed by atoms with van der Waals surface area (Å²) in [4.78, 5) is 18.3. The van der Waals surface area contributed by atoms with Crippen LogP contribution in [0.3, 0.4) is 0 Å². The lowest BCUT2D eigenvalue weighted by Gasteiger charge is -2.11. The quantitative estimate of drug-likeness (QED) is 0.320. The standard InChI is InChI=1S/C29H26N4O3/c1-18-4-8-20(9-5-18)25-16-24(29(34)30-17-19-6-12-22(35-2)13-7-19)26-27(32-33-28(26)31-25)21-10-14-23(36-3)15-11-21/h4-16H,17H2,1-3H3,(H,30,34)(H,31,32,33). The molecule has 0 unspecified atom stereocenters. The molecular weight excluding hydrogens is 452 g/mol. The molecule has 0 aliphatic rings. The Bertz CT molecular complexity index is 1510. The van der Waals surface area contributed by atoms with Crippen molar-refractivity contribution in [2.24, 2.45) is 0 Å². The van der Waals surface area contributed by atoms with Crippen LogP contribution >= 0.6 is 0 Å². The van der Waals surface area contributed by atoms with Crippen molar-refractivity contribution in [3.8, 4) is 34.0 Å². The van der Waals surface area contributed by atoms with E-state index in [1.165, 1.54) is 0 Å². The summed E-state index contributed by atoms with van der Waals surface area (Å²) in [5.74, 6) is 1.31. The van der Waals surface area contributed by atoms with Crippen molar-refractivity contribution >= 4 is 16.9 Å². The van der Waals surface area contributed by atoms with Crippen LogP contribution in [0.25, 0.3) is 33.5 Å². The fraction of sp³-hybridized carbons (Fsp3) is 0.138. The van der Waals surface area contributed by atoms with Gasteiger partial charge in [0.15, 0.2) is 5.65 Å². The number of rotatable bonds is 7. The molecule has 7 heteroatoms. The number of nitrogens with one attached hydrogen (secondary N) is 2. The van der Waals surface area contributed by atoms with Crippen LogP contribution in [0.15, 0.2) is 78.9 Å². The normalized spacial score (nSPS) is 10.9. The average molecular weight is 479 g/mol. The number of ether oxygens (including phenoxy) is 2. The highest BCUT2D eigenvalue weighted by Crippen LogP contribution is 2.32. The van der Waals surface area contributed by atoms with E-state index in [2.05, 4.69) is 15.5 Å². The SMILES string of the molecule is COc1ccc(CNC(=O)c2cc(-c3ccc(C)cc3)nc3n[nH]c(-c4ccc(OC)cc4)c23)cc1. The smallest absolute Gasteiger partial charge is 0.252 e. The lowest BCUT2D eigenvalue weighted by Crippen LogP contribution is -2.23. The topological polar surface area (TPSA) is 89.1 Å². The lowest BCUT2D eigenvalue weighted by molar-refractivity contribution is 0.0952. The average Bonchev–Trinajstić information content (AvgIpc) is 3.36. The second-order valence-corrected chi connectivity index (χ2v) is 8.48. The van der Waals surface area contributed by atoms with E-state index in [9.17, 15) is 4.79 Å². The number of methoxy groups -OCH3 is 2. The van der Waals surface area contributed by atoms with Crippen LogP contribution in [0.2, 0.25) is 0 Å². The monoisotopic (exact) mass is 478 g/mol. The molecule has 36 heavy (non-hydrogen) atoms. The van der Waals surface area contributed by atoms with E-state index in [4.69, 9.17) is 14.5 Å². The van der Waals surface area contributed by atoms with Gasteiger partial charge in [-0.15, -0.1) is 0 Å². The molecule has 7 nitrogen and oxygen atoms in total. The van der Waals surface area contributed by atoms with Crippen LogP contribution < -0.4 is 14.8 Å². The molecule has 0 radical (unpaired) electrons. The summed E-state index contributed by atoms with van der Waals surface area (Å²) in [7, 11) is 3.25. The van der Waals surface area contributed by atoms with Gasteiger partial charge in [0.1, 0.15) is 11.5 Å². The van der Waals surface area contributed by atoms with Crippen molar-refractivity contribution in [2.75, 3.05) is 14.2 Å². The minimum Gasteiger partial charge on any atom is -0.497 e. The number of amides is 1. The first-order valence-electron chi connectivity index (χ1n) is 11.6. The highest BCUT2D eigenvalue weighted by atomic mass is 16.5. The van der Waals surface area contributed by atoms with E-state index in [1.54, 1.807) is 14.2 Å². The Balaban J connectivity index is 1.56. The molecule has 0 bridgehead atoms. The summed E-state index contributed by atoms with van der Waals surface area (Å²) in [6, 6.07) is 25.1. The van der Waals surface area contributed by atoms with Crippen molar-refractivity contribution in [1.29, 1.82) is 0 Å². The van der Waals surface area contributed by atoms with Gasteiger partial charge >= 0.3 is 0 Å². The van der Waals surface area contributed by atoms with Crippen molar-refractivity contribution in [3.63, 3.8) is 0 Å². The van der Waals surface area contributed by atoms with Crippen molar-refractivity contribution in [3.05, 3.63) is 95.6 Å². The van der Waals surface area contributed by atoms with Crippen molar-refractivity contribution in [2.45, 2.75) is 13.5 Å². The van der Waals surface area contributed by atoms with Gasteiger partial charge < -0.3 is 14.8 Å². The molecule has 0 fully saturated rings. The zero-order chi connectivity index (χ0) is 25.1. The highest BCUT2D eigenvalue weighted by Gasteiger charge is 2.20. The number of fused-ring (bicyclic) bond motifs is 1. The molecule has 0 aliphatic carbocycles. The Labute approximate surface area is 209 Å². The lowest BCUT2D eigenvalue weighted by atomic mass is 10.0. The Kier molecular flexibility index (Phi) is 6.36. The predicted octanol–water partition coefficient (Wildman–Crippen LogP) is 5.55. The second-order valence-electron chi connectivity index (χ2n) is 8.48. The van der Waals surface area contributed by atoms with E-state index in [0.29, 0.717) is 28.8 Å². The number of pyridine rings is 1. The minimum atomic E-state index is -0.206. The van der Waals surface area contributed by atoms with E-state index in [1.807, 2.05) is 85.8 Å². The van der Waals surface area contributed by atoms with Gasteiger partial charge in [-0.05, 0) is 55.0 Å². The van der Waals surface area contributed by atoms with Crippen molar-refractivity contribution < 1.29 is 14.3 Å². The number of carbonyl (C=O) groups excluding carboxylic acids is 1. The zero-order valence-electron chi connectivity index (χ0n) is 20.3. The van der Waals surface area contributed by atoms with Crippen LogP contribution in [-0.4, -0.2) is 35.3 Å². The number of nitrogens with zero attached hydrogens (tertiary/aromatic N) is 2. The number of aromatic nitrogens is 3. The molecular formula is C29H26N4O3. The summed E-state index contributed by atoms with van der Waals surface area (Å²) in [6.07, 6.45) is 0. The predicted molar refractivity (Wildman–Crippen MR) is 140 cm³/mol. The summed E-state index contributed by atoms with van der Waals surface area (Å²) in [5, 5.41) is 11.3. The van der Waals surface area contributed by atoms with Crippen LogP contribution in [0.5, 0.6) is 11.5 Å². The molecule has 0 atom stereocenters. The maximum Gasteiger partial charge on any atom is 0.252 e. The number of hydrogen-bond acceptors (Lipinski definition) is 5. The maximum absolute atomic E-state index is 13.5. The molecule has 0 saturated heterocycles. The molecule has 5 aromatic rings. The Morgan fingerprint density at radius 3 is 2.11 bits per heavy atom. The van der Waals surface area contributed by atoms with Gasteiger partial charge in [-0.2, -0.15) is 5.10 Å². The second kappa shape index (κ2) is 9.92. The third-order valence-corrected chi connectivity index (χ3v) is 6.11. The molecule has 0 saturated carbocycles. The summed E-state index contributed by atoms with van der Waals surface area (Å²) in [5.41, 5.74) is 6.31. The number of hydrogen-bond donors (Lipinski definition) is 2. The molecule has 2 N–H and O–H groups in total. The highest BCUT2D eigenvalue weighted by molar-refractivity contribution is 6.11. The fourth-order valence-electron chi connectivity index (χ4n) is 4.06.